The quantitative estimate of drug-likeness (QED) is 0.826. The lowest BCUT2D eigenvalue weighted by molar-refractivity contribution is 0.462. The van der Waals surface area contributed by atoms with Crippen LogP contribution in [0.15, 0.2) is 18.2 Å². The summed E-state index contributed by atoms with van der Waals surface area (Å²) in [5, 5.41) is 4.35. The maximum Gasteiger partial charge on any atom is 0.0470 e. The zero-order chi connectivity index (χ0) is 12.5. The van der Waals surface area contributed by atoms with Crippen molar-refractivity contribution in [3.63, 3.8) is 0 Å². The molecule has 0 spiro atoms. The van der Waals surface area contributed by atoms with E-state index >= 15 is 0 Å². The van der Waals surface area contributed by atoms with Gasteiger partial charge in [-0.25, -0.2) is 0 Å². The Hall–Kier alpha value is -0.730. The highest BCUT2D eigenvalue weighted by Gasteiger charge is 2.29. The lowest BCUT2D eigenvalue weighted by atomic mass is 10.0. The van der Waals surface area contributed by atoms with Crippen LogP contribution in [0.1, 0.15) is 25.8 Å². The highest BCUT2D eigenvalue weighted by Crippen LogP contribution is 2.31. The van der Waals surface area contributed by atoms with Gasteiger partial charge in [0.1, 0.15) is 0 Å². The molecule has 1 aromatic carbocycles. The second kappa shape index (κ2) is 4.87. The summed E-state index contributed by atoms with van der Waals surface area (Å²) in [4.78, 5) is 2.48. The largest absolute Gasteiger partial charge is 0.365 e. The van der Waals surface area contributed by atoms with Gasteiger partial charge in [0.25, 0.3) is 0 Å². The van der Waals surface area contributed by atoms with E-state index < -0.39 is 0 Å². The average molecular weight is 253 g/mol. The van der Waals surface area contributed by atoms with Crippen LogP contribution in [0, 0.1) is 6.92 Å². The molecule has 0 aromatic heterocycles. The number of nitrogens with zero attached hydrogens (tertiary/aromatic N) is 1. The molecule has 94 valence electrons. The fraction of sp³-hybridized carbons (Fsp3) is 0.571. The highest BCUT2D eigenvalue weighted by molar-refractivity contribution is 6.31. The van der Waals surface area contributed by atoms with Crippen molar-refractivity contribution >= 4 is 17.3 Å². The Morgan fingerprint density at radius 3 is 2.88 bits per heavy atom. The van der Waals surface area contributed by atoms with Gasteiger partial charge < -0.3 is 10.2 Å². The third-order valence-corrected chi connectivity index (χ3v) is 3.96. The molecule has 1 aliphatic heterocycles. The predicted octanol–water partition coefficient (Wildman–Crippen LogP) is 3.23. The van der Waals surface area contributed by atoms with Crippen molar-refractivity contribution < 1.29 is 0 Å². The number of anilines is 1. The van der Waals surface area contributed by atoms with Crippen molar-refractivity contribution in [2.45, 2.75) is 32.7 Å². The standard InChI is InChI=1S/C14H21ClN2/c1-11-12(15)6-4-7-13(11)17-9-5-8-16-10-14(17,2)3/h4,6-7,16H,5,8-10H2,1-3H3. The summed E-state index contributed by atoms with van der Waals surface area (Å²) in [6.07, 6.45) is 1.18. The molecule has 2 nitrogen and oxygen atoms in total. The van der Waals surface area contributed by atoms with Crippen LogP contribution in [-0.4, -0.2) is 25.2 Å². The Balaban J connectivity index is 2.39. The highest BCUT2D eigenvalue weighted by atomic mass is 35.5. The molecule has 0 radical (unpaired) electrons. The molecule has 1 saturated heterocycles. The van der Waals surface area contributed by atoms with Crippen molar-refractivity contribution in [1.29, 1.82) is 0 Å². The van der Waals surface area contributed by atoms with Crippen LogP contribution < -0.4 is 10.2 Å². The summed E-state index contributed by atoms with van der Waals surface area (Å²) in [5.74, 6) is 0. The molecule has 1 N–H and O–H groups in total. The van der Waals surface area contributed by atoms with Gasteiger partial charge in [0, 0.05) is 29.3 Å². The minimum absolute atomic E-state index is 0.131. The van der Waals surface area contributed by atoms with E-state index in [0.717, 1.165) is 24.7 Å². The fourth-order valence-corrected chi connectivity index (χ4v) is 2.66. The maximum absolute atomic E-state index is 6.22. The number of hydrogen-bond donors (Lipinski definition) is 1. The molecule has 1 fully saturated rings. The molecule has 0 unspecified atom stereocenters. The third-order valence-electron chi connectivity index (χ3n) is 3.55. The molecule has 1 aliphatic rings. The summed E-state index contributed by atoms with van der Waals surface area (Å²) in [5.41, 5.74) is 2.58. The van der Waals surface area contributed by atoms with Crippen LogP contribution >= 0.6 is 11.6 Å². The van der Waals surface area contributed by atoms with E-state index in [0.29, 0.717) is 0 Å². The average Bonchev–Trinajstić information content (AvgIpc) is 2.44. The van der Waals surface area contributed by atoms with Crippen LogP contribution in [0.2, 0.25) is 5.02 Å². The van der Waals surface area contributed by atoms with Crippen LogP contribution in [-0.2, 0) is 0 Å². The zero-order valence-corrected chi connectivity index (χ0v) is 11.6. The molecule has 0 saturated carbocycles. The van der Waals surface area contributed by atoms with E-state index in [9.17, 15) is 0 Å². The van der Waals surface area contributed by atoms with E-state index in [-0.39, 0.29) is 5.54 Å². The van der Waals surface area contributed by atoms with E-state index in [1.54, 1.807) is 0 Å². The Kier molecular flexibility index (Phi) is 3.64. The number of nitrogens with one attached hydrogen (secondary N) is 1. The van der Waals surface area contributed by atoms with Crippen molar-refractivity contribution in [3.8, 4) is 0 Å². The van der Waals surface area contributed by atoms with E-state index in [1.165, 1.54) is 17.7 Å². The van der Waals surface area contributed by atoms with Gasteiger partial charge in [0.2, 0.25) is 0 Å². The summed E-state index contributed by atoms with van der Waals surface area (Å²) < 4.78 is 0. The molecular weight excluding hydrogens is 232 g/mol. The number of rotatable bonds is 1. The summed E-state index contributed by atoms with van der Waals surface area (Å²) in [7, 11) is 0. The van der Waals surface area contributed by atoms with Gasteiger partial charge in [-0.3, -0.25) is 0 Å². The number of benzene rings is 1. The summed E-state index contributed by atoms with van der Waals surface area (Å²) in [6, 6.07) is 6.18. The van der Waals surface area contributed by atoms with Gasteiger partial charge in [0.05, 0.1) is 0 Å². The van der Waals surface area contributed by atoms with Crippen molar-refractivity contribution in [2.75, 3.05) is 24.5 Å². The van der Waals surface area contributed by atoms with Gasteiger partial charge in [-0.05, 0) is 51.4 Å². The molecule has 2 rings (SSSR count). The first-order valence-electron chi connectivity index (χ1n) is 6.26. The predicted molar refractivity (Wildman–Crippen MR) is 75.1 cm³/mol. The third kappa shape index (κ3) is 2.58. The lowest BCUT2D eigenvalue weighted by Crippen LogP contribution is -2.49. The Morgan fingerprint density at radius 1 is 1.35 bits per heavy atom. The molecule has 0 bridgehead atoms. The zero-order valence-electron chi connectivity index (χ0n) is 10.9. The first-order valence-corrected chi connectivity index (χ1v) is 6.64. The Morgan fingerprint density at radius 2 is 2.12 bits per heavy atom. The fourth-order valence-electron chi connectivity index (χ4n) is 2.49. The minimum Gasteiger partial charge on any atom is -0.365 e. The summed E-state index contributed by atoms with van der Waals surface area (Å²) >= 11 is 6.22. The molecule has 0 amide bonds. The first kappa shape index (κ1) is 12.7. The van der Waals surface area contributed by atoms with Crippen LogP contribution in [0.5, 0.6) is 0 Å². The van der Waals surface area contributed by atoms with Crippen LogP contribution in [0.3, 0.4) is 0 Å². The number of hydrogen-bond acceptors (Lipinski definition) is 2. The molecule has 3 heteroatoms. The van der Waals surface area contributed by atoms with E-state index in [4.69, 9.17) is 11.6 Å². The molecule has 1 aromatic rings. The first-order chi connectivity index (χ1) is 8.02. The van der Waals surface area contributed by atoms with E-state index in [1.807, 2.05) is 12.1 Å². The van der Waals surface area contributed by atoms with Crippen molar-refractivity contribution in [3.05, 3.63) is 28.8 Å². The van der Waals surface area contributed by atoms with Crippen LogP contribution in [0.25, 0.3) is 0 Å². The van der Waals surface area contributed by atoms with Gasteiger partial charge in [-0.2, -0.15) is 0 Å². The van der Waals surface area contributed by atoms with Crippen molar-refractivity contribution in [1.82, 2.24) is 5.32 Å². The van der Waals surface area contributed by atoms with Crippen LogP contribution in [0.4, 0.5) is 5.69 Å². The topological polar surface area (TPSA) is 15.3 Å². The molecule has 0 atom stereocenters. The summed E-state index contributed by atoms with van der Waals surface area (Å²) in [6.45, 7) is 9.86. The smallest absolute Gasteiger partial charge is 0.0470 e. The molecule has 1 heterocycles. The Labute approximate surface area is 109 Å². The molecule has 0 aliphatic carbocycles. The van der Waals surface area contributed by atoms with Gasteiger partial charge in [0.15, 0.2) is 0 Å². The Bertz CT molecular complexity index is 401. The van der Waals surface area contributed by atoms with E-state index in [2.05, 4.69) is 37.1 Å². The molecular formula is C14H21ClN2. The monoisotopic (exact) mass is 252 g/mol. The second-order valence-electron chi connectivity index (χ2n) is 5.38. The van der Waals surface area contributed by atoms with Gasteiger partial charge >= 0.3 is 0 Å². The van der Waals surface area contributed by atoms with Gasteiger partial charge in [-0.15, -0.1) is 0 Å². The number of halogens is 1. The normalized spacial score (nSPS) is 20.1. The SMILES string of the molecule is Cc1c(Cl)cccc1N1CCCNCC1(C)C. The van der Waals surface area contributed by atoms with Crippen molar-refractivity contribution in [2.24, 2.45) is 0 Å². The lowest BCUT2D eigenvalue weighted by Gasteiger charge is -2.40. The second-order valence-corrected chi connectivity index (χ2v) is 5.79. The minimum atomic E-state index is 0.131. The maximum atomic E-state index is 6.22. The molecule has 17 heavy (non-hydrogen) atoms. The van der Waals surface area contributed by atoms with Gasteiger partial charge in [-0.1, -0.05) is 17.7 Å².